The Balaban J connectivity index is 2.17. The van der Waals surface area contributed by atoms with Crippen LogP contribution in [-0.2, 0) is 14.8 Å². The Morgan fingerprint density at radius 3 is 2.64 bits per heavy atom. The fourth-order valence-corrected chi connectivity index (χ4v) is 3.70. The van der Waals surface area contributed by atoms with Crippen LogP contribution in [0.4, 0.5) is 0 Å². The number of nitrogens with zero attached hydrogens (tertiary/aromatic N) is 1. The van der Waals surface area contributed by atoms with Gasteiger partial charge < -0.3 is 15.0 Å². The minimum absolute atomic E-state index is 0.0406. The van der Waals surface area contributed by atoms with E-state index in [4.69, 9.17) is 4.74 Å². The first kappa shape index (κ1) is 19.4. The maximum atomic E-state index is 12.3. The molecule has 0 unspecified atom stereocenters. The molecule has 7 nitrogen and oxygen atoms in total. The first-order chi connectivity index (χ1) is 11.9. The van der Waals surface area contributed by atoms with Gasteiger partial charge >= 0.3 is 0 Å². The molecule has 1 fully saturated rings. The number of ether oxygens (including phenoxy) is 1. The molecule has 25 heavy (non-hydrogen) atoms. The van der Waals surface area contributed by atoms with Crippen LogP contribution in [0.2, 0.25) is 0 Å². The van der Waals surface area contributed by atoms with Crippen molar-refractivity contribution in [1.82, 2.24) is 14.9 Å². The molecule has 1 aliphatic heterocycles. The fourth-order valence-electron chi connectivity index (χ4n) is 2.78. The average molecular weight is 367 g/mol. The Labute approximate surface area is 149 Å². The van der Waals surface area contributed by atoms with Gasteiger partial charge in [-0.15, -0.1) is 0 Å². The SMILES string of the molecule is CNS(=O)(=O)c1cc(C=CC(=O)N(C)C2CCNCC2)ccc1OC. The van der Waals surface area contributed by atoms with Crippen LogP contribution in [0, 0.1) is 0 Å². The molecular weight excluding hydrogens is 342 g/mol. The molecule has 1 saturated heterocycles. The highest BCUT2D eigenvalue weighted by molar-refractivity contribution is 7.89. The number of amides is 1. The topological polar surface area (TPSA) is 87.7 Å². The molecule has 138 valence electrons. The second kappa shape index (κ2) is 8.46. The van der Waals surface area contributed by atoms with Gasteiger partial charge in [0.05, 0.1) is 7.11 Å². The second-order valence-electron chi connectivity index (χ2n) is 5.88. The van der Waals surface area contributed by atoms with E-state index in [1.165, 1.54) is 26.3 Å². The molecule has 0 saturated carbocycles. The zero-order valence-electron chi connectivity index (χ0n) is 14.8. The van der Waals surface area contributed by atoms with Crippen LogP contribution in [0.15, 0.2) is 29.2 Å². The molecule has 0 radical (unpaired) electrons. The number of methoxy groups -OCH3 is 1. The molecule has 1 amide bonds. The molecule has 0 spiro atoms. The highest BCUT2D eigenvalue weighted by atomic mass is 32.2. The monoisotopic (exact) mass is 367 g/mol. The lowest BCUT2D eigenvalue weighted by molar-refractivity contribution is -0.127. The van der Waals surface area contributed by atoms with E-state index >= 15 is 0 Å². The lowest BCUT2D eigenvalue weighted by Gasteiger charge is -2.30. The third-order valence-corrected chi connectivity index (χ3v) is 5.80. The number of piperidine rings is 1. The minimum atomic E-state index is -3.65. The van der Waals surface area contributed by atoms with Crippen molar-refractivity contribution in [3.05, 3.63) is 29.8 Å². The summed E-state index contributed by atoms with van der Waals surface area (Å²) in [5.41, 5.74) is 0.613. The number of hydrogen-bond donors (Lipinski definition) is 2. The molecule has 0 bridgehead atoms. The maximum absolute atomic E-state index is 12.3. The first-order valence-electron chi connectivity index (χ1n) is 8.16. The van der Waals surface area contributed by atoms with Crippen LogP contribution >= 0.6 is 0 Å². The summed E-state index contributed by atoms with van der Waals surface area (Å²) < 4.78 is 31.6. The maximum Gasteiger partial charge on any atom is 0.246 e. The molecule has 0 aromatic heterocycles. The van der Waals surface area contributed by atoms with Crippen LogP contribution in [0.1, 0.15) is 18.4 Å². The van der Waals surface area contributed by atoms with Gasteiger partial charge in [0.15, 0.2) is 0 Å². The molecule has 0 aliphatic carbocycles. The van der Waals surface area contributed by atoms with E-state index in [1.807, 2.05) is 0 Å². The largest absolute Gasteiger partial charge is 0.495 e. The van der Waals surface area contributed by atoms with Crippen molar-refractivity contribution in [1.29, 1.82) is 0 Å². The summed E-state index contributed by atoms with van der Waals surface area (Å²) in [4.78, 5) is 14.1. The van der Waals surface area contributed by atoms with Crippen molar-refractivity contribution in [2.24, 2.45) is 0 Å². The zero-order valence-corrected chi connectivity index (χ0v) is 15.6. The van der Waals surface area contributed by atoms with E-state index in [-0.39, 0.29) is 22.6 Å². The first-order valence-corrected chi connectivity index (χ1v) is 9.64. The van der Waals surface area contributed by atoms with Crippen LogP contribution in [0.3, 0.4) is 0 Å². The number of benzene rings is 1. The standard InChI is InChI=1S/C17H25N3O4S/c1-18-25(22,23)16-12-13(4-6-15(16)24-3)5-7-17(21)20(2)14-8-10-19-11-9-14/h4-7,12,14,18-19H,8-11H2,1-3H3. The van der Waals surface area contributed by atoms with E-state index in [9.17, 15) is 13.2 Å². The lowest BCUT2D eigenvalue weighted by Crippen LogP contribution is -2.43. The summed E-state index contributed by atoms with van der Waals surface area (Å²) in [7, 11) is 0.908. The number of likely N-dealkylation sites (N-methyl/N-ethyl adjacent to an activating group) is 1. The summed E-state index contributed by atoms with van der Waals surface area (Å²) >= 11 is 0. The normalized spacial score (nSPS) is 16.1. The van der Waals surface area contributed by atoms with Gasteiger partial charge in [-0.3, -0.25) is 4.79 Å². The number of rotatable bonds is 6. The Bertz CT molecular complexity index is 740. The molecule has 1 heterocycles. The van der Waals surface area contributed by atoms with Gasteiger partial charge in [0.1, 0.15) is 10.6 Å². The highest BCUT2D eigenvalue weighted by Gasteiger charge is 2.21. The average Bonchev–Trinajstić information content (AvgIpc) is 2.65. The molecule has 1 aliphatic rings. The van der Waals surface area contributed by atoms with E-state index in [0.29, 0.717) is 5.56 Å². The van der Waals surface area contributed by atoms with Gasteiger partial charge in [-0.2, -0.15) is 0 Å². The van der Waals surface area contributed by atoms with Gasteiger partial charge in [-0.05, 0) is 56.8 Å². The molecule has 8 heteroatoms. The Hall–Kier alpha value is -1.90. The smallest absolute Gasteiger partial charge is 0.246 e. The van der Waals surface area contributed by atoms with E-state index in [1.54, 1.807) is 30.2 Å². The third-order valence-electron chi connectivity index (χ3n) is 4.37. The molecule has 2 N–H and O–H groups in total. The van der Waals surface area contributed by atoms with Crippen LogP contribution in [0.5, 0.6) is 5.75 Å². The summed E-state index contributed by atoms with van der Waals surface area (Å²) in [6.07, 6.45) is 4.96. The summed E-state index contributed by atoms with van der Waals surface area (Å²) in [5.74, 6) is 0.158. The van der Waals surface area contributed by atoms with Crippen LogP contribution in [-0.4, -0.2) is 59.6 Å². The van der Waals surface area contributed by atoms with Crippen molar-refractivity contribution >= 4 is 22.0 Å². The molecule has 2 rings (SSSR count). The number of sulfonamides is 1. The molecule has 1 aromatic carbocycles. The van der Waals surface area contributed by atoms with Gasteiger partial charge in [0.2, 0.25) is 15.9 Å². The van der Waals surface area contributed by atoms with E-state index < -0.39 is 10.0 Å². The van der Waals surface area contributed by atoms with Crippen molar-refractivity contribution in [2.75, 3.05) is 34.3 Å². The summed E-state index contributed by atoms with van der Waals surface area (Å²) in [6.45, 7) is 1.82. The Morgan fingerprint density at radius 2 is 2.04 bits per heavy atom. The van der Waals surface area contributed by atoms with Crippen molar-refractivity contribution in [3.63, 3.8) is 0 Å². The zero-order chi connectivity index (χ0) is 18.4. The van der Waals surface area contributed by atoms with Gasteiger partial charge in [-0.25, -0.2) is 13.1 Å². The predicted molar refractivity (Wildman–Crippen MR) is 96.9 cm³/mol. The summed E-state index contributed by atoms with van der Waals surface area (Å²) in [5, 5.41) is 3.27. The number of carbonyl (C=O) groups is 1. The van der Waals surface area contributed by atoms with Gasteiger partial charge in [0.25, 0.3) is 0 Å². The van der Waals surface area contributed by atoms with E-state index in [2.05, 4.69) is 10.0 Å². The van der Waals surface area contributed by atoms with Gasteiger partial charge in [0, 0.05) is 19.2 Å². The lowest BCUT2D eigenvalue weighted by atomic mass is 10.1. The Morgan fingerprint density at radius 1 is 1.36 bits per heavy atom. The van der Waals surface area contributed by atoms with E-state index in [0.717, 1.165) is 25.9 Å². The predicted octanol–water partition coefficient (Wildman–Crippen LogP) is 0.827. The molecule has 1 aromatic rings. The van der Waals surface area contributed by atoms with Crippen LogP contribution in [0.25, 0.3) is 6.08 Å². The van der Waals surface area contributed by atoms with Gasteiger partial charge in [-0.1, -0.05) is 6.07 Å². The fraction of sp³-hybridized carbons (Fsp3) is 0.471. The summed E-state index contributed by atoms with van der Waals surface area (Å²) in [6, 6.07) is 5.00. The Kier molecular flexibility index (Phi) is 6.57. The third kappa shape index (κ3) is 4.81. The quantitative estimate of drug-likeness (QED) is 0.727. The highest BCUT2D eigenvalue weighted by Crippen LogP contribution is 2.25. The second-order valence-corrected chi connectivity index (χ2v) is 7.74. The van der Waals surface area contributed by atoms with Crippen molar-refractivity contribution < 1.29 is 17.9 Å². The van der Waals surface area contributed by atoms with Crippen molar-refractivity contribution in [3.8, 4) is 5.75 Å². The molecule has 0 atom stereocenters. The molecular formula is C17H25N3O4S. The minimum Gasteiger partial charge on any atom is -0.495 e. The number of carbonyl (C=O) groups excluding carboxylic acids is 1. The van der Waals surface area contributed by atoms with Crippen molar-refractivity contribution in [2.45, 2.75) is 23.8 Å². The number of nitrogens with one attached hydrogen (secondary N) is 2. The number of hydrogen-bond acceptors (Lipinski definition) is 5. The van der Waals surface area contributed by atoms with Crippen LogP contribution < -0.4 is 14.8 Å².